The van der Waals surface area contributed by atoms with E-state index in [1.54, 1.807) is 30.0 Å². The fourth-order valence-corrected chi connectivity index (χ4v) is 2.59. The van der Waals surface area contributed by atoms with Gasteiger partial charge in [0.15, 0.2) is 0 Å². The molecular weight excluding hydrogens is 322 g/mol. The molecule has 0 fully saturated rings. The van der Waals surface area contributed by atoms with E-state index in [4.69, 9.17) is 11.6 Å². The fourth-order valence-electron chi connectivity index (χ4n) is 1.94. The molecule has 1 heterocycles. The minimum Gasteiger partial charge on any atom is -0.394 e. The van der Waals surface area contributed by atoms with E-state index in [-0.39, 0.29) is 18.6 Å². The van der Waals surface area contributed by atoms with Crippen molar-refractivity contribution in [3.05, 3.63) is 41.0 Å². The first kappa shape index (κ1) is 16.9. The maximum Gasteiger partial charge on any atom is 0.269 e. The summed E-state index contributed by atoms with van der Waals surface area (Å²) in [5.41, 5.74) is 1.92. The second-order valence-corrected chi connectivity index (χ2v) is 6.23. The van der Waals surface area contributed by atoms with Crippen molar-refractivity contribution in [1.82, 2.24) is 15.5 Å². The first-order valence-electron chi connectivity index (χ1n) is 6.86. The third kappa shape index (κ3) is 4.50. The second kappa shape index (κ2) is 8.22. The van der Waals surface area contributed by atoms with E-state index in [9.17, 15) is 9.90 Å². The summed E-state index contributed by atoms with van der Waals surface area (Å²) in [5, 5.41) is 19.6. The molecule has 2 rings (SSSR count). The molecule has 7 heteroatoms. The van der Waals surface area contributed by atoms with Crippen LogP contribution in [0.5, 0.6) is 0 Å². The van der Waals surface area contributed by atoms with Gasteiger partial charge in [0.2, 0.25) is 0 Å². The molecule has 0 saturated carbocycles. The van der Waals surface area contributed by atoms with Gasteiger partial charge in [0.05, 0.1) is 18.3 Å². The van der Waals surface area contributed by atoms with Gasteiger partial charge in [-0.2, -0.15) is 16.9 Å². The molecule has 0 spiro atoms. The van der Waals surface area contributed by atoms with Crippen LogP contribution in [0, 0.1) is 0 Å². The number of benzene rings is 1. The zero-order chi connectivity index (χ0) is 15.9. The van der Waals surface area contributed by atoms with Crippen molar-refractivity contribution in [3.8, 4) is 11.3 Å². The number of halogens is 1. The van der Waals surface area contributed by atoms with Gasteiger partial charge < -0.3 is 10.4 Å². The van der Waals surface area contributed by atoms with Crippen LogP contribution in [0.3, 0.4) is 0 Å². The minimum absolute atomic E-state index is 0.0789. The molecule has 1 atom stereocenters. The van der Waals surface area contributed by atoms with E-state index in [2.05, 4.69) is 15.5 Å². The summed E-state index contributed by atoms with van der Waals surface area (Å²) in [5.74, 6) is 0.609. The van der Waals surface area contributed by atoms with Crippen LogP contribution in [0.15, 0.2) is 30.3 Å². The fraction of sp³-hybridized carbons (Fsp3) is 0.333. The van der Waals surface area contributed by atoms with Gasteiger partial charge in [0.1, 0.15) is 5.69 Å². The Morgan fingerprint density at radius 2 is 2.18 bits per heavy atom. The molecule has 1 amide bonds. The highest BCUT2D eigenvalue weighted by Gasteiger charge is 2.15. The first-order chi connectivity index (χ1) is 10.6. The maximum absolute atomic E-state index is 12.2. The molecule has 0 bridgehead atoms. The SMILES string of the molecule is CSCC[C@H](CO)NC(=O)c1cc(-c2ccc(Cl)cc2)n[nH]1. The number of aliphatic hydroxyl groups is 1. The van der Waals surface area contributed by atoms with E-state index in [1.807, 2.05) is 18.4 Å². The van der Waals surface area contributed by atoms with E-state index < -0.39 is 0 Å². The number of aromatic amines is 1. The number of aromatic nitrogens is 2. The van der Waals surface area contributed by atoms with Crippen molar-refractivity contribution in [3.63, 3.8) is 0 Å². The van der Waals surface area contributed by atoms with Crippen LogP contribution in [-0.4, -0.2) is 45.9 Å². The summed E-state index contributed by atoms with van der Waals surface area (Å²) < 4.78 is 0. The molecule has 0 aliphatic rings. The number of rotatable bonds is 7. The molecule has 0 radical (unpaired) electrons. The van der Waals surface area contributed by atoms with E-state index in [0.29, 0.717) is 16.4 Å². The molecule has 0 aliphatic heterocycles. The van der Waals surface area contributed by atoms with Crippen molar-refractivity contribution in [2.45, 2.75) is 12.5 Å². The van der Waals surface area contributed by atoms with Gasteiger partial charge in [-0.25, -0.2) is 0 Å². The third-order valence-electron chi connectivity index (χ3n) is 3.19. The normalized spacial score (nSPS) is 12.1. The highest BCUT2D eigenvalue weighted by molar-refractivity contribution is 7.98. The van der Waals surface area contributed by atoms with Gasteiger partial charge in [0.25, 0.3) is 5.91 Å². The standard InChI is InChI=1S/C15H18ClN3O2S/c1-22-7-6-12(9-20)17-15(21)14-8-13(18-19-14)10-2-4-11(16)5-3-10/h2-5,8,12,20H,6-7,9H2,1H3,(H,17,21)(H,18,19)/t12-/m1/s1. The summed E-state index contributed by atoms with van der Waals surface area (Å²) >= 11 is 7.53. The van der Waals surface area contributed by atoms with Gasteiger partial charge in [-0.1, -0.05) is 23.7 Å². The highest BCUT2D eigenvalue weighted by atomic mass is 35.5. The molecule has 3 N–H and O–H groups in total. The highest BCUT2D eigenvalue weighted by Crippen LogP contribution is 2.20. The van der Waals surface area contributed by atoms with Crippen LogP contribution >= 0.6 is 23.4 Å². The van der Waals surface area contributed by atoms with Gasteiger partial charge in [0, 0.05) is 10.6 Å². The average Bonchev–Trinajstić information content (AvgIpc) is 3.02. The Kier molecular flexibility index (Phi) is 6.30. The zero-order valence-corrected chi connectivity index (χ0v) is 13.7. The molecule has 1 aromatic heterocycles. The average molecular weight is 340 g/mol. The van der Waals surface area contributed by atoms with Crippen molar-refractivity contribution in [2.24, 2.45) is 0 Å². The van der Waals surface area contributed by atoms with Crippen LogP contribution in [0.2, 0.25) is 5.02 Å². The van der Waals surface area contributed by atoms with Crippen LogP contribution in [0.25, 0.3) is 11.3 Å². The predicted octanol–water partition coefficient (Wildman–Crippen LogP) is 2.57. The summed E-state index contributed by atoms with van der Waals surface area (Å²) in [4.78, 5) is 12.2. The molecule has 2 aromatic rings. The maximum atomic E-state index is 12.2. The van der Waals surface area contributed by atoms with Crippen molar-refractivity contribution >= 4 is 29.3 Å². The predicted molar refractivity (Wildman–Crippen MR) is 90.4 cm³/mol. The van der Waals surface area contributed by atoms with Gasteiger partial charge >= 0.3 is 0 Å². The van der Waals surface area contributed by atoms with Crippen LogP contribution in [0.4, 0.5) is 0 Å². The lowest BCUT2D eigenvalue weighted by Crippen LogP contribution is -2.38. The molecule has 118 valence electrons. The Morgan fingerprint density at radius 3 is 2.82 bits per heavy atom. The number of nitrogens with zero attached hydrogens (tertiary/aromatic N) is 1. The third-order valence-corrected chi connectivity index (χ3v) is 4.08. The number of carbonyl (C=O) groups excluding carboxylic acids is 1. The Hall–Kier alpha value is -1.50. The second-order valence-electron chi connectivity index (χ2n) is 4.81. The largest absolute Gasteiger partial charge is 0.394 e. The summed E-state index contributed by atoms with van der Waals surface area (Å²) in [7, 11) is 0. The lowest BCUT2D eigenvalue weighted by Gasteiger charge is -2.14. The van der Waals surface area contributed by atoms with Crippen LogP contribution < -0.4 is 5.32 Å². The molecule has 0 saturated heterocycles. The van der Waals surface area contributed by atoms with E-state index >= 15 is 0 Å². The molecule has 5 nitrogen and oxygen atoms in total. The first-order valence-corrected chi connectivity index (χ1v) is 8.63. The topological polar surface area (TPSA) is 78.0 Å². The number of thioether (sulfide) groups is 1. The Balaban J connectivity index is 2.03. The van der Waals surface area contributed by atoms with E-state index in [0.717, 1.165) is 17.7 Å². The number of aliphatic hydroxyl groups excluding tert-OH is 1. The lowest BCUT2D eigenvalue weighted by molar-refractivity contribution is 0.0910. The number of hydrogen-bond donors (Lipinski definition) is 3. The van der Waals surface area contributed by atoms with Crippen molar-refractivity contribution in [1.29, 1.82) is 0 Å². The molecule has 22 heavy (non-hydrogen) atoms. The van der Waals surface area contributed by atoms with Gasteiger partial charge in [-0.15, -0.1) is 0 Å². The lowest BCUT2D eigenvalue weighted by atomic mass is 10.1. The number of amides is 1. The number of H-pyrrole nitrogens is 1. The minimum atomic E-state index is -0.270. The van der Waals surface area contributed by atoms with Crippen LogP contribution in [0.1, 0.15) is 16.9 Å². The van der Waals surface area contributed by atoms with E-state index in [1.165, 1.54) is 0 Å². The monoisotopic (exact) mass is 339 g/mol. The van der Waals surface area contributed by atoms with Crippen molar-refractivity contribution in [2.75, 3.05) is 18.6 Å². The zero-order valence-electron chi connectivity index (χ0n) is 12.2. The Labute approximate surface area is 138 Å². The quantitative estimate of drug-likeness (QED) is 0.724. The van der Waals surface area contributed by atoms with Gasteiger partial charge in [-0.05, 0) is 36.6 Å². The smallest absolute Gasteiger partial charge is 0.269 e. The van der Waals surface area contributed by atoms with Crippen molar-refractivity contribution < 1.29 is 9.90 Å². The molecule has 1 aromatic carbocycles. The Bertz CT molecular complexity index is 616. The molecular formula is C15H18ClN3O2S. The number of carbonyl (C=O) groups is 1. The number of hydrogen-bond acceptors (Lipinski definition) is 4. The van der Waals surface area contributed by atoms with Gasteiger partial charge in [-0.3, -0.25) is 9.89 Å². The Morgan fingerprint density at radius 1 is 1.45 bits per heavy atom. The molecule has 0 unspecified atom stereocenters. The summed E-state index contributed by atoms with van der Waals surface area (Å²) in [6.45, 7) is -0.0789. The summed E-state index contributed by atoms with van der Waals surface area (Å²) in [6, 6.07) is 8.67. The van der Waals surface area contributed by atoms with Crippen LogP contribution in [-0.2, 0) is 0 Å². The summed E-state index contributed by atoms with van der Waals surface area (Å²) in [6.07, 6.45) is 2.71. The molecule has 0 aliphatic carbocycles. The number of nitrogens with one attached hydrogen (secondary N) is 2.